The van der Waals surface area contributed by atoms with Crippen LogP contribution < -0.4 is 0 Å². The van der Waals surface area contributed by atoms with Crippen LogP contribution in [0.2, 0.25) is 18.1 Å². The Hall–Kier alpha value is -0.283. The Kier molecular flexibility index (Phi) is 6.45. The van der Waals surface area contributed by atoms with E-state index in [0.717, 1.165) is 0 Å². The molecule has 174 valence electrons. The van der Waals surface area contributed by atoms with E-state index in [-0.39, 0.29) is 47.8 Å². The molecule has 3 heterocycles. The van der Waals surface area contributed by atoms with Crippen LogP contribution in [0, 0.1) is 5.92 Å². The molecule has 3 fully saturated rings. The molecular formula is C23H42O6Si. The van der Waals surface area contributed by atoms with Crippen LogP contribution in [0.5, 0.6) is 0 Å². The SMILES string of the molecule is C=CC[C@H](O[Si](C)(C)C(C)(C)C)[C@@H]1OC(C)(C)O[C@H]1[C@H]1O[C@@H]2OC(C)(C)O[C@@H]2[C@@H]1C. The first kappa shape index (κ1) is 24.4. The fraction of sp³-hybridized carbons (Fsp3) is 0.913. The van der Waals surface area contributed by atoms with Gasteiger partial charge < -0.3 is 28.1 Å². The van der Waals surface area contributed by atoms with Gasteiger partial charge in [-0.05, 0) is 52.2 Å². The van der Waals surface area contributed by atoms with Gasteiger partial charge in [-0.15, -0.1) is 6.58 Å². The molecule has 7 atom stereocenters. The van der Waals surface area contributed by atoms with E-state index in [1.165, 1.54) is 0 Å². The summed E-state index contributed by atoms with van der Waals surface area (Å²) in [6.07, 6.45) is 1.23. The van der Waals surface area contributed by atoms with Gasteiger partial charge in [-0.2, -0.15) is 0 Å². The maximum Gasteiger partial charge on any atom is 0.192 e. The van der Waals surface area contributed by atoms with Gasteiger partial charge in [0.25, 0.3) is 0 Å². The van der Waals surface area contributed by atoms with Gasteiger partial charge in [0.05, 0.1) is 12.2 Å². The number of fused-ring (bicyclic) bond motifs is 1. The van der Waals surface area contributed by atoms with Crippen molar-refractivity contribution in [2.45, 2.75) is 128 Å². The highest BCUT2D eigenvalue weighted by molar-refractivity contribution is 6.74. The Balaban J connectivity index is 1.84. The zero-order valence-electron chi connectivity index (χ0n) is 20.5. The maximum absolute atomic E-state index is 6.82. The predicted octanol–water partition coefficient (Wildman–Crippen LogP) is 4.99. The van der Waals surface area contributed by atoms with Gasteiger partial charge >= 0.3 is 0 Å². The van der Waals surface area contributed by atoms with Gasteiger partial charge in [0.1, 0.15) is 18.3 Å². The standard InChI is InChI=1S/C23H42O6Si/c1-12-13-15(29-30(10,11)21(3,4)5)18-19(27-22(6,7)26-18)16-14(2)17-20(24-16)28-23(8,9)25-17/h12,14-20H,1,13H2,2-11H3/t14-,15+,16+,17-,18+,19+,20-/m1/s1. The second-order valence-corrected chi connectivity index (χ2v) is 16.2. The van der Waals surface area contributed by atoms with E-state index in [9.17, 15) is 0 Å². The summed E-state index contributed by atoms with van der Waals surface area (Å²) in [6.45, 7) is 25.1. The molecule has 0 radical (unpaired) electrons. The predicted molar refractivity (Wildman–Crippen MR) is 119 cm³/mol. The molecule has 0 spiro atoms. The van der Waals surface area contributed by atoms with E-state index >= 15 is 0 Å². The maximum atomic E-state index is 6.82. The van der Waals surface area contributed by atoms with E-state index in [0.29, 0.717) is 6.42 Å². The van der Waals surface area contributed by atoms with Gasteiger partial charge in [-0.3, -0.25) is 0 Å². The summed E-state index contributed by atoms with van der Waals surface area (Å²) in [7, 11) is -2.02. The van der Waals surface area contributed by atoms with Gasteiger partial charge in [-0.25, -0.2) is 0 Å². The van der Waals surface area contributed by atoms with Crippen molar-refractivity contribution < 1.29 is 28.1 Å². The molecule has 30 heavy (non-hydrogen) atoms. The molecule has 3 aliphatic heterocycles. The molecule has 0 amide bonds. The quantitative estimate of drug-likeness (QED) is 0.427. The molecule has 3 aliphatic rings. The molecule has 3 rings (SSSR count). The third-order valence-corrected chi connectivity index (χ3v) is 11.4. The van der Waals surface area contributed by atoms with Crippen LogP contribution in [-0.2, 0) is 28.1 Å². The Bertz CT molecular complexity index is 640. The van der Waals surface area contributed by atoms with Crippen LogP contribution in [0.4, 0.5) is 0 Å². The van der Waals surface area contributed by atoms with E-state index in [2.05, 4.69) is 47.4 Å². The summed E-state index contributed by atoms with van der Waals surface area (Å²) < 4.78 is 38.1. The minimum Gasteiger partial charge on any atom is -0.411 e. The van der Waals surface area contributed by atoms with E-state index in [1.54, 1.807) is 0 Å². The van der Waals surface area contributed by atoms with Gasteiger partial charge in [0.2, 0.25) is 0 Å². The fourth-order valence-electron chi connectivity index (χ4n) is 4.39. The van der Waals surface area contributed by atoms with Crippen molar-refractivity contribution in [1.29, 1.82) is 0 Å². The van der Waals surface area contributed by atoms with Crippen molar-refractivity contribution in [3.05, 3.63) is 12.7 Å². The average molecular weight is 443 g/mol. The zero-order chi connectivity index (χ0) is 22.7. The molecule has 0 aromatic heterocycles. The molecule has 7 heteroatoms. The third-order valence-electron chi connectivity index (χ3n) is 6.92. The molecule has 0 saturated carbocycles. The molecule has 6 nitrogen and oxygen atoms in total. The van der Waals surface area contributed by atoms with E-state index < -0.39 is 19.9 Å². The summed E-state index contributed by atoms with van der Waals surface area (Å²) in [4.78, 5) is 0. The highest BCUT2D eigenvalue weighted by Gasteiger charge is 2.60. The molecule has 0 aromatic carbocycles. The van der Waals surface area contributed by atoms with Crippen molar-refractivity contribution in [3.8, 4) is 0 Å². The monoisotopic (exact) mass is 442 g/mol. The normalized spacial score (nSPS) is 39.1. The molecule has 0 bridgehead atoms. The second kappa shape index (κ2) is 7.94. The van der Waals surface area contributed by atoms with Crippen LogP contribution in [0.25, 0.3) is 0 Å². The lowest BCUT2D eigenvalue weighted by molar-refractivity contribution is -0.226. The van der Waals surface area contributed by atoms with E-state index in [1.807, 2.05) is 33.8 Å². The third kappa shape index (κ3) is 4.72. The van der Waals surface area contributed by atoms with Crippen LogP contribution in [0.15, 0.2) is 12.7 Å². The van der Waals surface area contributed by atoms with Crippen LogP contribution in [0.3, 0.4) is 0 Å². The largest absolute Gasteiger partial charge is 0.411 e. The van der Waals surface area contributed by atoms with Crippen molar-refractivity contribution in [2.75, 3.05) is 0 Å². The van der Waals surface area contributed by atoms with Crippen molar-refractivity contribution in [3.63, 3.8) is 0 Å². The lowest BCUT2D eigenvalue weighted by Gasteiger charge is -2.41. The Morgan fingerprint density at radius 3 is 2.07 bits per heavy atom. The highest BCUT2D eigenvalue weighted by atomic mass is 28.4. The zero-order valence-corrected chi connectivity index (χ0v) is 21.5. The van der Waals surface area contributed by atoms with Crippen molar-refractivity contribution in [2.24, 2.45) is 5.92 Å². The molecule has 0 aromatic rings. The Morgan fingerprint density at radius 1 is 0.967 bits per heavy atom. The molecule has 0 N–H and O–H groups in total. The first-order valence-corrected chi connectivity index (χ1v) is 14.1. The Labute approximate surface area is 183 Å². The van der Waals surface area contributed by atoms with Gasteiger partial charge in [0.15, 0.2) is 26.2 Å². The summed E-state index contributed by atoms with van der Waals surface area (Å²) in [5.74, 6) is -1.23. The second-order valence-electron chi connectivity index (χ2n) is 11.4. The van der Waals surface area contributed by atoms with Crippen molar-refractivity contribution in [1.82, 2.24) is 0 Å². The van der Waals surface area contributed by atoms with Crippen LogP contribution in [0.1, 0.15) is 61.8 Å². The van der Waals surface area contributed by atoms with E-state index in [4.69, 9.17) is 28.1 Å². The van der Waals surface area contributed by atoms with Crippen LogP contribution in [-0.4, -0.2) is 56.7 Å². The fourth-order valence-corrected chi connectivity index (χ4v) is 5.73. The summed E-state index contributed by atoms with van der Waals surface area (Å²) in [6, 6.07) is 0. The van der Waals surface area contributed by atoms with Crippen LogP contribution >= 0.6 is 0 Å². The van der Waals surface area contributed by atoms with Gasteiger partial charge in [-0.1, -0.05) is 33.8 Å². The lowest BCUT2D eigenvalue weighted by Crippen LogP contribution is -2.52. The molecule has 0 unspecified atom stereocenters. The smallest absolute Gasteiger partial charge is 0.192 e. The topological polar surface area (TPSA) is 55.4 Å². The minimum absolute atomic E-state index is 0.0956. The van der Waals surface area contributed by atoms with Crippen molar-refractivity contribution >= 4 is 8.32 Å². The molecule has 0 aliphatic carbocycles. The average Bonchev–Trinajstić information content (AvgIpc) is 3.14. The summed E-state index contributed by atoms with van der Waals surface area (Å²) in [5, 5.41) is 0.0956. The highest BCUT2D eigenvalue weighted by Crippen LogP contribution is 2.47. The number of ether oxygens (including phenoxy) is 5. The number of hydrogen-bond donors (Lipinski definition) is 0. The Morgan fingerprint density at radius 2 is 1.53 bits per heavy atom. The molecule has 3 saturated heterocycles. The number of rotatable bonds is 6. The summed E-state index contributed by atoms with van der Waals surface area (Å²) in [5.41, 5.74) is 0. The first-order chi connectivity index (χ1) is 13.6. The first-order valence-electron chi connectivity index (χ1n) is 11.2. The number of hydrogen-bond acceptors (Lipinski definition) is 6. The molecular weight excluding hydrogens is 400 g/mol. The lowest BCUT2D eigenvalue weighted by atomic mass is 9.91. The minimum atomic E-state index is -2.02. The summed E-state index contributed by atoms with van der Waals surface area (Å²) >= 11 is 0. The van der Waals surface area contributed by atoms with Gasteiger partial charge in [0, 0.05) is 5.92 Å².